The molecule has 0 atom stereocenters. The second-order valence-corrected chi connectivity index (χ2v) is 8.06. The van der Waals surface area contributed by atoms with Gasteiger partial charge in [-0.25, -0.2) is 0 Å². The molecule has 3 heteroatoms. The Balaban J connectivity index is 1.65. The summed E-state index contributed by atoms with van der Waals surface area (Å²) in [6.07, 6.45) is 5.74. The van der Waals surface area contributed by atoms with Crippen LogP contribution in [-0.2, 0) is 16.6 Å². The summed E-state index contributed by atoms with van der Waals surface area (Å²) in [5.74, 6) is -0.108. The van der Waals surface area contributed by atoms with Gasteiger partial charge in [0.2, 0.25) is 5.91 Å². The molecule has 3 rings (SSSR count). The van der Waals surface area contributed by atoms with Crippen LogP contribution in [0.1, 0.15) is 43.9 Å². The molecule has 0 fully saturated rings. The van der Waals surface area contributed by atoms with Gasteiger partial charge in [0.1, 0.15) is 0 Å². The van der Waals surface area contributed by atoms with Crippen LogP contribution in [0.4, 0.5) is 11.4 Å². The number of aryl methyl sites for hydroxylation is 1. The first kappa shape index (κ1) is 18.2. The minimum atomic E-state index is -0.108. The van der Waals surface area contributed by atoms with Gasteiger partial charge in [0.25, 0.3) is 0 Å². The van der Waals surface area contributed by atoms with Crippen LogP contribution in [0, 0.1) is 0 Å². The van der Waals surface area contributed by atoms with Gasteiger partial charge in [0, 0.05) is 31.0 Å². The predicted molar refractivity (Wildman–Crippen MR) is 111 cm³/mol. The van der Waals surface area contributed by atoms with E-state index in [1.54, 1.807) is 6.08 Å². The van der Waals surface area contributed by atoms with Crippen molar-refractivity contribution in [1.29, 1.82) is 0 Å². The number of carbonyl (C=O) groups is 1. The minimum Gasteiger partial charge on any atom is -0.374 e. The first-order chi connectivity index (χ1) is 12.3. The normalized spacial score (nSPS) is 14.4. The van der Waals surface area contributed by atoms with E-state index in [1.165, 1.54) is 23.2 Å². The SMILES string of the molecule is CN1CCCc2ccc(NC(=O)/C=C/c3ccc(C(C)(C)C)cc3)cc21. The quantitative estimate of drug-likeness (QED) is 0.790. The average molecular weight is 348 g/mol. The number of amides is 1. The van der Waals surface area contributed by atoms with Crippen LogP contribution in [-0.4, -0.2) is 19.5 Å². The van der Waals surface area contributed by atoms with Crippen LogP contribution in [0.3, 0.4) is 0 Å². The lowest BCUT2D eigenvalue weighted by Crippen LogP contribution is -2.24. The Kier molecular flexibility index (Phi) is 5.17. The van der Waals surface area contributed by atoms with Gasteiger partial charge in [-0.05, 0) is 53.2 Å². The highest BCUT2D eigenvalue weighted by Crippen LogP contribution is 2.29. The number of nitrogens with zero attached hydrogens (tertiary/aromatic N) is 1. The summed E-state index contributed by atoms with van der Waals surface area (Å²) in [5.41, 5.74) is 5.87. The Labute approximate surface area is 156 Å². The molecule has 0 saturated heterocycles. The fourth-order valence-corrected chi connectivity index (χ4v) is 3.29. The van der Waals surface area contributed by atoms with Crippen molar-refractivity contribution >= 4 is 23.4 Å². The third-order valence-electron chi connectivity index (χ3n) is 4.91. The standard InChI is InChI=1S/C23H28N2O/c1-23(2,3)19-11-7-17(8-12-19)9-14-22(26)24-20-13-10-18-6-5-15-25(4)21(18)16-20/h7-14,16H,5-6,15H2,1-4H3,(H,24,26)/b14-9+. The lowest BCUT2D eigenvalue weighted by Gasteiger charge is -2.27. The summed E-state index contributed by atoms with van der Waals surface area (Å²) in [6.45, 7) is 7.65. The number of carbonyl (C=O) groups excluding carboxylic acids is 1. The minimum absolute atomic E-state index is 0.108. The van der Waals surface area contributed by atoms with Gasteiger partial charge in [-0.1, -0.05) is 51.1 Å². The summed E-state index contributed by atoms with van der Waals surface area (Å²) in [7, 11) is 2.10. The lowest BCUT2D eigenvalue weighted by molar-refractivity contribution is -0.111. The molecule has 1 N–H and O–H groups in total. The summed E-state index contributed by atoms with van der Waals surface area (Å²) in [4.78, 5) is 14.5. The number of hydrogen-bond donors (Lipinski definition) is 1. The summed E-state index contributed by atoms with van der Waals surface area (Å²) < 4.78 is 0. The number of anilines is 2. The van der Waals surface area contributed by atoms with E-state index in [1.807, 2.05) is 12.1 Å². The molecule has 0 saturated carbocycles. The van der Waals surface area contributed by atoms with Crippen molar-refractivity contribution in [3.63, 3.8) is 0 Å². The van der Waals surface area contributed by atoms with Crippen LogP contribution in [0.25, 0.3) is 6.08 Å². The van der Waals surface area contributed by atoms with Crippen molar-refractivity contribution in [2.75, 3.05) is 23.8 Å². The number of rotatable bonds is 3. The molecule has 0 aliphatic carbocycles. The molecule has 1 heterocycles. The van der Waals surface area contributed by atoms with Crippen LogP contribution in [0.15, 0.2) is 48.5 Å². The van der Waals surface area contributed by atoms with Crippen molar-refractivity contribution < 1.29 is 4.79 Å². The zero-order chi connectivity index (χ0) is 18.7. The molecule has 1 aliphatic heterocycles. The van der Waals surface area contributed by atoms with E-state index in [0.717, 1.165) is 24.2 Å². The molecule has 0 bridgehead atoms. The van der Waals surface area contributed by atoms with Crippen LogP contribution in [0.5, 0.6) is 0 Å². The average Bonchev–Trinajstić information content (AvgIpc) is 2.60. The van der Waals surface area contributed by atoms with Crippen molar-refractivity contribution in [1.82, 2.24) is 0 Å². The van der Waals surface area contributed by atoms with E-state index in [9.17, 15) is 4.79 Å². The van der Waals surface area contributed by atoms with E-state index < -0.39 is 0 Å². The van der Waals surface area contributed by atoms with Gasteiger partial charge in [0.15, 0.2) is 0 Å². The van der Waals surface area contributed by atoms with Gasteiger partial charge in [-0.3, -0.25) is 4.79 Å². The van der Waals surface area contributed by atoms with Crippen LogP contribution >= 0.6 is 0 Å². The molecule has 0 spiro atoms. The molecule has 3 nitrogen and oxygen atoms in total. The van der Waals surface area contributed by atoms with Crippen molar-refractivity contribution in [3.8, 4) is 0 Å². The molecule has 0 radical (unpaired) electrons. The predicted octanol–water partition coefficient (Wildman–Crippen LogP) is 5.02. The van der Waals surface area contributed by atoms with Gasteiger partial charge >= 0.3 is 0 Å². The van der Waals surface area contributed by atoms with E-state index in [0.29, 0.717) is 0 Å². The fraction of sp³-hybridized carbons (Fsp3) is 0.348. The van der Waals surface area contributed by atoms with Crippen molar-refractivity contribution in [2.45, 2.75) is 39.0 Å². The fourth-order valence-electron chi connectivity index (χ4n) is 3.29. The van der Waals surface area contributed by atoms with E-state index in [-0.39, 0.29) is 11.3 Å². The van der Waals surface area contributed by atoms with Gasteiger partial charge in [-0.15, -0.1) is 0 Å². The third-order valence-corrected chi connectivity index (χ3v) is 4.91. The van der Waals surface area contributed by atoms with Gasteiger partial charge in [-0.2, -0.15) is 0 Å². The monoisotopic (exact) mass is 348 g/mol. The third kappa shape index (κ3) is 4.34. The highest BCUT2D eigenvalue weighted by molar-refractivity contribution is 6.02. The Hall–Kier alpha value is -2.55. The molecule has 2 aromatic rings. The number of hydrogen-bond acceptors (Lipinski definition) is 2. The first-order valence-electron chi connectivity index (χ1n) is 9.26. The van der Waals surface area contributed by atoms with Gasteiger partial charge < -0.3 is 10.2 Å². The van der Waals surface area contributed by atoms with Crippen molar-refractivity contribution in [3.05, 3.63) is 65.2 Å². The van der Waals surface area contributed by atoms with E-state index >= 15 is 0 Å². The molecular weight excluding hydrogens is 320 g/mol. The van der Waals surface area contributed by atoms with E-state index in [2.05, 4.69) is 74.4 Å². The first-order valence-corrected chi connectivity index (χ1v) is 9.26. The molecule has 1 aliphatic rings. The Morgan fingerprint density at radius 3 is 2.54 bits per heavy atom. The second-order valence-electron chi connectivity index (χ2n) is 8.06. The molecule has 0 unspecified atom stereocenters. The molecule has 1 amide bonds. The molecule has 2 aromatic carbocycles. The zero-order valence-corrected chi connectivity index (χ0v) is 16.2. The largest absolute Gasteiger partial charge is 0.374 e. The van der Waals surface area contributed by atoms with E-state index in [4.69, 9.17) is 0 Å². The van der Waals surface area contributed by atoms with Gasteiger partial charge in [0.05, 0.1) is 0 Å². The molecule has 26 heavy (non-hydrogen) atoms. The summed E-state index contributed by atoms with van der Waals surface area (Å²) in [5, 5.41) is 2.97. The summed E-state index contributed by atoms with van der Waals surface area (Å²) >= 11 is 0. The smallest absolute Gasteiger partial charge is 0.248 e. The Morgan fingerprint density at radius 2 is 1.85 bits per heavy atom. The Bertz CT molecular complexity index is 813. The highest BCUT2D eigenvalue weighted by Gasteiger charge is 2.14. The van der Waals surface area contributed by atoms with Crippen LogP contribution in [0.2, 0.25) is 0 Å². The maximum Gasteiger partial charge on any atom is 0.248 e. The number of benzene rings is 2. The van der Waals surface area contributed by atoms with Crippen molar-refractivity contribution in [2.24, 2.45) is 0 Å². The maximum atomic E-state index is 12.3. The highest BCUT2D eigenvalue weighted by atomic mass is 16.1. The maximum absolute atomic E-state index is 12.3. The second kappa shape index (κ2) is 7.36. The number of nitrogens with one attached hydrogen (secondary N) is 1. The zero-order valence-electron chi connectivity index (χ0n) is 16.2. The van der Waals surface area contributed by atoms with Crippen LogP contribution < -0.4 is 10.2 Å². The number of fused-ring (bicyclic) bond motifs is 1. The Morgan fingerprint density at radius 1 is 1.12 bits per heavy atom. The molecule has 136 valence electrons. The topological polar surface area (TPSA) is 32.3 Å². The summed E-state index contributed by atoms with van der Waals surface area (Å²) in [6, 6.07) is 14.5. The molecule has 0 aromatic heterocycles. The molecular formula is C23H28N2O. The lowest BCUT2D eigenvalue weighted by atomic mass is 9.87.